The number of rotatable bonds is 5. The Kier molecular flexibility index (Phi) is 6.75. The summed E-state index contributed by atoms with van der Waals surface area (Å²) in [5.41, 5.74) is 8.39. The second-order valence-corrected chi connectivity index (χ2v) is 14.0. The Hall–Kier alpha value is -6.22. The van der Waals surface area contributed by atoms with Gasteiger partial charge in [-0.05, 0) is 97.0 Å². The Balaban J connectivity index is 1.33. The van der Waals surface area contributed by atoms with E-state index in [9.17, 15) is 0 Å². The van der Waals surface area contributed by atoms with Gasteiger partial charge in [0.2, 0.25) is 0 Å². The van der Waals surface area contributed by atoms with Crippen molar-refractivity contribution >= 4 is 80.9 Å². The van der Waals surface area contributed by atoms with Gasteiger partial charge in [-0.1, -0.05) is 146 Å². The lowest BCUT2D eigenvalue weighted by molar-refractivity contribution is 1.31. The number of hydrogen-bond acceptors (Lipinski definition) is 2. The molecule has 0 unspecified atom stereocenters. The van der Waals surface area contributed by atoms with Crippen molar-refractivity contribution in [1.82, 2.24) is 0 Å². The third-order valence-electron chi connectivity index (χ3n) is 10.0. The average Bonchev–Trinajstić information content (AvgIpc) is 3.57. The smallest absolute Gasteiger partial charge is 0.0554 e. The van der Waals surface area contributed by atoms with E-state index in [1.807, 2.05) is 11.3 Å². The molecule has 0 saturated carbocycles. The number of fused-ring (bicyclic) bond motifs is 7. The van der Waals surface area contributed by atoms with Crippen LogP contribution in [0.25, 0.3) is 74.7 Å². The van der Waals surface area contributed by atoms with Gasteiger partial charge >= 0.3 is 0 Å². The fraction of sp³-hybridized carbons (Fsp3) is 0. The van der Waals surface area contributed by atoms with Gasteiger partial charge in [0.15, 0.2) is 0 Å². The topological polar surface area (TPSA) is 3.24 Å². The Labute approximate surface area is 294 Å². The second kappa shape index (κ2) is 11.7. The minimum absolute atomic E-state index is 1.13. The number of benzene rings is 9. The molecule has 2 heteroatoms. The molecule has 10 aromatic rings. The summed E-state index contributed by atoms with van der Waals surface area (Å²) in [6.45, 7) is 0. The molecule has 1 aromatic heterocycles. The summed E-state index contributed by atoms with van der Waals surface area (Å²) in [7, 11) is 0. The van der Waals surface area contributed by atoms with Crippen LogP contribution in [0.1, 0.15) is 0 Å². The number of hydrogen-bond donors (Lipinski definition) is 0. The average molecular weight is 654 g/mol. The highest BCUT2D eigenvalue weighted by atomic mass is 32.1. The molecule has 0 saturated heterocycles. The highest BCUT2D eigenvalue weighted by Crippen LogP contribution is 2.49. The van der Waals surface area contributed by atoms with Crippen LogP contribution < -0.4 is 4.90 Å². The molecule has 10 rings (SSSR count). The molecule has 0 spiro atoms. The minimum Gasteiger partial charge on any atom is -0.310 e. The van der Waals surface area contributed by atoms with Crippen LogP contribution in [0.3, 0.4) is 0 Å². The fourth-order valence-electron chi connectivity index (χ4n) is 7.81. The molecule has 1 heterocycles. The van der Waals surface area contributed by atoms with E-state index in [4.69, 9.17) is 0 Å². The van der Waals surface area contributed by atoms with Crippen LogP contribution in [-0.4, -0.2) is 0 Å². The molecule has 0 N–H and O–H groups in total. The normalized spacial score (nSPS) is 11.6. The minimum atomic E-state index is 1.13. The summed E-state index contributed by atoms with van der Waals surface area (Å²) in [5.74, 6) is 0. The van der Waals surface area contributed by atoms with Gasteiger partial charge in [-0.25, -0.2) is 0 Å². The summed E-state index contributed by atoms with van der Waals surface area (Å²) >= 11 is 1.86. The van der Waals surface area contributed by atoms with Gasteiger partial charge in [0.05, 0.1) is 5.69 Å². The first kappa shape index (κ1) is 28.8. The quantitative estimate of drug-likeness (QED) is 0.167. The van der Waals surface area contributed by atoms with Gasteiger partial charge < -0.3 is 4.90 Å². The maximum Gasteiger partial charge on any atom is 0.0554 e. The zero-order valence-electron chi connectivity index (χ0n) is 27.3. The molecular formula is C48H31NS. The van der Waals surface area contributed by atoms with E-state index < -0.39 is 0 Å². The van der Waals surface area contributed by atoms with Gasteiger partial charge in [0, 0.05) is 31.5 Å². The first-order valence-electron chi connectivity index (χ1n) is 17.1. The Morgan fingerprint density at radius 1 is 0.340 bits per heavy atom. The molecule has 0 atom stereocenters. The second-order valence-electron chi connectivity index (χ2n) is 12.9. The van der Waals surface area contributed by atoms with Crippen molar-refractivity contribution in [1.29, 1.82) is 0 Å². The van der Waals surface area contributed by atoms with Crippen molar-refractivity contribution in [3.8, 4) is 22.3 Å². The molecule has 0 fully saturated rings. The van der Waals surface area contributed by atoms with Crippen molar-refractivity contribution in [2.75, 3.05) is 4.90 Å². The lowest BCUT2D eigenvalue weighted by Gasteiger charge is -2.28. The van der Waals surface area contributed by atoms with E-state index in [1.54, 1.807) is 0 Å². The largest absolute Gasteiger partial charge is 0.310 e. The fourth-order valence-corrected chi connectivity index (χ4v) is 8.94. The zero-order chi connectivity index (χ0) is 33.0. The molecule has 0 amide bonds. The maximum atomic E-state index is 2.47. The van der Waals surface area contributed by atoms with Gasteiger partial charge in [-0.3, -0.25) is 0 Å². The summed E-state index contributed by atoms with van der Waals surface area (Å²) < 4.78 is 2.59. The zero-order valence-corrected chi connectivity index (χ0v) is 28.1. The van der Waals surface area contributed by atoms with Crippen molar-refractivity contribution < 1.29 is 0 Å². The van der Waals surface area contributed by atoms with Crippen LogP contribution >= 0.6 is 11.3 Å². The third kappa shape index (κ3) is 4.61. The third-order valence-corrected chi connectivity index (χ3v) is 11.1. The van der Waals surface area contributed by atoms with Gasteiger partial charge in [0.25, 0.3) is 0 Å². The molecule has 234 valence electrons. The van der Waals surface area contributed by atoms with Crippen LogP contribution in [0, 0.1) is 0 Å². The van der Waals surface area contributed by atoms with Crippen molar-refractivity contribution in [3.63, 3.8) is 0 Å². The van der Waals surface area contributed by atoms with Crippen LogP contribution in [0.5, 0.6) is 0 Å². The van der Waals surface area contributed by atoms with E-state index >= 15 is 0 Å². The van der Waals surface area contributed by atoms with E-state index in [-0.39, 0.29) is 0 Å². The van der Waals surface area contributed by atoms with Crippen LogP contribution in [-0.2, 0) is 0 Å². The number of nitrogens with zero attached hydrogens (tertiary/aromatic N) is 1. The summed E-state index contributed by atoms with van der Waals surface area (Å²) in [5, 5.41) is 10.0. The monoisotopic (exact) mass is 653 g/mol. The van der Waals surface area contributed by atoms with E-state index in [0.717, 1.165) is 11.4 Å². The number of anilines is 3. The van der Waals surface area contributed by atoms with Gasteiger partial charge in [0.1, 0.15) is 0 Å². The molecular weight excluding hydrogens is 623 g/mol. The highest BCUT2D eigenvalue weighted by molar-refractivity contribution is 7.26. The van der Waals surface area contributed by atoms with E-state index in [2.05, 4.69) is 193 Å². The van der Waals surface area contributed by atoms with Crippen LogP contribution in [0.2, 0.25) is 0 Å². The Morgan fingerprint density at radius 2 is 0.900 bits per heavy atom. The number of thiophene rings is 1. The standard InChI is InChI=1S/C48H31NS/c1-3-15-33(16-4-1)46-40-21-10-9-20-38(40)39-29-28-37(31-42(39)47(46)34-17-5-2-6-18-34)49(36-27-26-32-14-7-8-19-35(32)30-36)43-23-13-25-45-48(43)41-22-11-12-24-44(41)50-45/h1-31H. The Morgan fingerprint density at radius 3 is 1.68 bits per heavy atom. The summed E-state index contributed by atoms with van der Waals surface area (Å²) in [4.78, 5) is 2.47. The SMILES string of the molecule is c1ccc(-c2c(-c3ccccc3)c3cc(N(c4ccc5ccccc5c4)c4cccc5sc6ccccc6c45)ccc3c3ccccc23)cc1. The lowest BCUT2D eigenvalue weighted by Crippen LogP contribution is -2.10. The molecule has 50 heavy (non-hydrogen) atoms. The summed E-state index contributed by atoms with van der Waals surface area (Å²) in [6.07, 6.45) is 0. The summed E-state index contributed by atoms with van der Waals surface area (Å²) in [6, 6.07) is 68.8. The molecule has 0 bridgehead atoms. The molecule has 9 aromatic carbocycles. The lowest BCUT2D eigenvalue weighted by atomic mass is 9.85. The van der Waals surface area contributed by atoms with E-state index in [0.29, 0.717) is 0 Å². The maximum absolute atomic E-state index is 2.47. The predicted octanol–water partition coefficient (Wildman–Crippen LogP) is 14.3. The first-order chi connectivity index (χ1) is 24.8. The molecule has 1 nitrogen and oxygen atoms in total. The van der Waals surface area contributed by atoms with Crippen molar-refractivity contribution in [2.24, 2.45) is 0 Å². The van der Waals surface area contributed by atoms with Crippen LogP contribution in [0.4, 0.5) is 17.1 Å². The van der Waals surface area contributed by atoms with Gasteiger partial charge in [-0.2, -0.15) is 0 Å². The van der Waals surface area contributed by atoms with Crippen LogP contribution in [0.15, 0.2) is 188 Å². The van der Waals surface area contributed by atoms with Crippen molar-refractivity contribution in [3.05, 3.63) is 188 Å². The van der Waals surface area contributed by atoms with E-state index in [1.165, 1.54) is 80.4 Å². The highest BCUT2D eigenvalue weighted by Gasteiger charge is 2.22. The van der Waals surface area contributed by atoms with Gasteiger partial charge in [-0.15, -0.1) is 11.3 Å². The molecule has 0 aliphatic rings. The predicted molar refractivity (Wildman–Crippen MR) is 217 cm³/mol. The first-order valence-corrected chi connectivity index (χ1v) is 17.9. The van der Waals surface area contributed by atoms with Crippen molar-refractivity contribution in [2.45, 2.75) is 0 Å². The molecule has 0 aliphatic heterocycles. The Bertz CT molecular complexity index is 2870. The molecule has 0 radical (unpaired) electrons. The molecule has 0 aliphatic carbocycles.